The van der Waals surface area contributed by atoms with Crippen molar-refractivity contribution in [1.29, 1.82) is 0 Å². The highest BCUT2D eigenvalue weighted by molar-refractivity contribution is 7.92. The first-order valence-electron chi connectivity index (χ1n) is 6.76. The van der Waals surface area contributed by atoms with Gasteiger partial charge in [-0.3, -0.25) is 4.79 Å². The van der Waals surface area contributed by atoms with E-state index in [0.717, 1.165) is 0 Å². The molecule has 0 aliphatic carbocycles. The second kappa shape index (κ2) is 6.22. The number of piperidine rings is 1. The van der Waals surface area contributed by atoms with Gasteiger partial charge < -0.3 is 4.90 Å². The zero-order valence-corrected chi connectivity index (χ0v) is 12.3. The predicted molar refractivity (Wildman–Crippen MR) is 78.0 cm³/mol. The van der Waals surface area contributed by atoms with Crippen LogP contribution in [0.3, 0.4) is 0 Å². The number of carbonyl (C=O) groups excluding carboxylic acids is 1. The maximum Gasteiger partial charge on any atom is 0.246 e. The molecule has 1 aromatic rings. The standard InChI is InChI=1S/C15H19NO3S/c1-2-6-15(17)16-11-9-14(10-12-16)20(18,19)13-7-4-3-5-8-13/h2-8,14H,9-12H2,1H3/b6-2+. The van der Waals surface area contributed by atoms with Crippen LogP contribution in [0.15, 0.2) is 47.4 Å². The van der Waals surface area contributed by atoms with Crippen molar-refractivity contribution in [2.24, 2.45) is 0 Å². The predicted octanol–water partition coefficient (Wildman–Crippen LogP) is 2.03. The number of sulfone groups is 1. The summed E-state index contributed by atoms with van der Waals surface area (Å²) in [6.45, 7) is 2.80. The molecular weight excluding hydrogens is 274 g/mol. The van der Waals surface area contributed by atoms with Crippen LogP contribution < -0.4 is 0 Å². The summed E-state index contributed by atoms with van der Waals surface area (Å²) in [4.78, 5) is 13.8. The van der Waals surface area contributed by atoms with Crippen molar-refractivity contribution in [3.8, 4) is 0 Å². The smallest absolute Gasteiger partial charge is 0.246 e. The lowest BCUT2D eigenvalue weighted by Gasteiger charge is -2.31. The van der Waals surface area contributed by atoms with Gasteiger partial charge in [0, 0.05) is 13.1 Å². The molecule has 1 aliphatic heterocycles. The Balaban J connectivity index is 2.06. The normalized spacial score (nSPS) is 17.6. The molecule has 1 fully saturated rings. The Morgan fingerprint density at radius 2 is 1.80 bits per heavy atom. The minimum Gasteiger partial charge on any atom is -0.339 e. The van der Waals surface area contributed by atoms with Crippen molar-refractivity contribution in [2.75, 3.05) is 13.1 Å². The molecule has 1 heterocycles. The van der Waals surface area contributed by atoms with Crippen LogP contribution in [-0.2, 0) is 14.6 Å². The molecule has 0 aromatic heterocycles. The number of carbonyl (C=O) groups is 1. The fourth-order valence-corrected chi connectivity index (χ4v) is 4.19. The van der Waals surface area contributed by atoms with E-state index in [1.165, 1.54) is 6.08 Å². The summed E-state index contributed by atoms with van der Waals surface area (Å²) < 4.78 is 24.9. The number of rotatable bonds is 3. The van der Waals surface area contributed by atoms with Crippen molar-refractivity contribution in [2.45, 2.75) is 29.9 Å². The van der Waals surface area contributed by atoms with E-state index in [2.05, 4.69) is 0 Å². The molecule has 1 saturated heterocycles. The maximum atomic E-state index is 12.5. The van der Waals surface area contributed by atoms with Crippen LogP contribution in [-0.4, -0.2) is 37.6 Å². The Kier molecular flexibility index (Phi) is 4.60. The van der Waals surface area contributed by atoms with Crippen molar-refractivity contribution in [3.63, 3.8) is 0 Å². The van der Waals surface area contributed by atoms with Gasteiger partial charge in [-0.25, -0.2) is 8.42 Å². The van der Waals surface area contributed by atoms with E-state index in [4.69, 9.17) is 0 Å². The maximum absolute atomic E-state index is 12.5. The Hall–Kier alpha value is -1.62. The second-order valence-corrected chi connectivity index (χ2v) is 7.11. The van der Waals surface area contributed by atoms with Gasteiger partial charge in [0.25, 0.3) is 0 Å². The SMILES string of the molecule is C/C=C/C(=O)N1CCC(S(=O)(=O)c2ccccc2)CC1. The number of hydrogen-bond donors (Lipinski definition) is 0. The lowest BCUT2D eigenvalue weighted by molar-refractivity contribution is -0.126. The Bertz CT molecular complexity index is 585. The molecule has 1 aromatic carbocycles. The third-order valence-electron chi connectivity index (χ3n) is 3.57. The van der Waals surface area contributed by atoms with E-state index in [1.807, 2.05) is 0 Å². The monoisotopic (exact) mass is 293 g/mol. The van der Waals surface area contributed by atoms with Gasteiger partial charge in [0.2, 0.25) is 5.91 Å². The molecule has 0 radical (unpaired) electrons. The topological polar surface area (TPSA) is 54.5 Å². The Morgan fingerprint density at radius 1 is 1.20 bits per heavy atom. The van der Waals surface area contributed by atoms with Crippen LogP contribution >= 0.6 is 0 Å². The minimum absolute atomic E-state index is 0.0388. The van der Waals surface area contributed by atoms with Gasteiger partial charge in [0.05, 0.1) is 10.1 Å². The van der Waals surface area contributed by atoms with E-state index in [0.29, 0.717) is 30.8 Å². The number of nitrogens with zero attached hydrogens (tertiary/aromatic N) is 1. The van der Waals surface area contributed by atoms with E-state index < -0.39 is 9.84 Å². The number of hydrogen-bond acceptors (Lipinski definition) is 3. The molecule has 2 rings (SSSR count). The first kappa shape index (κ1) is 14.8. The molecular formula is C15H19NO3S. The number of amides is 1. The molecule has 0 N–H and O–H groups in total. The molecule has 1 aliphatic rings. The fraction of sp³-hybridized carbons (Fsp3) is 0.400. The number of allylic oxidation sites excluding steroid dienone is 1. The third kappa shape index (κ3) is 3.10. The molecule has 0 spiro atoms. The summed E-state index contributed by atoms with van der Waals surface area (Å²) in [6, 6.07) is 8.53. The minimum atomic E-state index is -3.28. The van der Waals surface area contributed by atoms with Crippen molar-refractivity contribution >= 4 is 15.7 Å². The van der Waals surface area contributed by atoms with Crippen LogP contribution in [0, 0.1) is 0 Å². The van der Waals surface area contributed by atoms with Crippen LogP contribution in [0.25, 0.3) is 0 Å². The molecule has 0 saturated carbocycles. The summed E-state index contributed by atoms with van der Waals surface area (Å²) in [6.07, 6.45) is 4.22. The molecule has 4 nitrogen and oxygen atoms in total. The molecule has 5 heteroatoms. The highest BCUT2D eigenvalue weighted by Crippen LogP contribution is 2.24. The average molecular weight is 293 g/mol. The van der Waals surface area contributed by atoms with Gasteiger partial charge in [-0.1, -0.05) is 24.3 Å². The summed E-state index contributed by atoms with van der Waals surface area (Å²) >= 11 is 0. The molecule has 20 heavy (non-hydrogen) atoms. The van der Waals surface area contributed by atoms with Gasteiger partial charge in [-0.15, -0.1) is 0 Å². The quantitative estimate of drug-likeness (QED) is 0.801. The number of benzene rings is 1. The van der Waals surface area contributed by atoms with E-state index in [1.54, 1.807) is 48.2 Å². The summed E-state index contributed by atoms with van der Waals surface area (Å²) in [7, 11) is -3.28. The van der Waals surface area contributed by atoms with Crippen LogP contribution in [0.1, 0.15) is 19.8 Å². The zero-order valence-electron chi connectivity index (χ0n) is 11.5. The Labute approximate surface area is 120 Å². The lowest BCUT2D eigenvalue weighted by atomic mass is 10.1. The van der Waals surface area contributed by atoms with E-state index in [9.17, 15) is 13.2 Å². The molecule has 0 atom stereocenters. The van der Waals surface area contributed by atoms with Crippen LogP contribution in [0.4, 0.5) is 0 Å². The van der Waals surface area contributed by atoms with Gasteiger partial charge in [0.15, 0.2) is 9.84 Å². The van der Waals surface area contributed by atoms with E-state index in [-0.39, 0.29) is 11.2 Å². The largest absolute Gasteiger partial charge is 0.339 e. The summed E-state index contributed by atoms with van der Waals surface area (Å²) in [5, 5.41) is -0.389. The van der Waals surface area contributed by atoms with Crippen molar-refractivity contribution in [1.82, 2.24) is 4.90 Å². The average Bonchev–Trinajstić information content (AvgIpc) is 2.48. The highest BCUT2D eigenvalue weighted by Gasteiger charge is 2.31. The first-order valence-corrected chi connectivity index (χ1v) is 8.31. The Morgan fingerprint density at radius 3 is 2.35 bits per heavy atom. The van der Waals surface area contributed by atoms with Gasteiger partial charge in [-0.2, -0.15) is 0 Å². The van der Waals surface area contributed by atoms with Crippen molar-refractivity contribution < 1.29 is 13.2 Å². The highest BCUT2D eigenvalue weighted by atomic mass is 32.2. The fourth-order valence-electron chi connectivity index (χ4n) is 2.44. The number of likely N-dealkylation sites (tertiary alicyclic amines) is 1. The summed E-state index contributed by atoms with van der Waals surface area (Å²) in [5.41, 5.74) is 0. The second-order valence-electron chi connectivity index (χ2n) is 4.88. The van der Waals surface area contributed by atoms with Crippen molar-refractivity contribution in [3.05, 3.63) is 42.5 Å². The third-order valence-corrected chi connectivity index (χ3v) is 5.85. The van der Waals surface area contributed by atoms with Crippen LogP contribution in [0.2, 0.25) is 0 Å². The molecule has 1 amide bonds. The first-order chi connectivity index (χ1) is 9.55. The molecule has 0 unspecified atom stereocenters. The van der Waals surface area contributed by atoms with Crippen LogP contribution in [0.5, 0.6) is 0 Å². The zero-order chi connectivity index (χ0) is 14.6. The molecule has 0 bridgehead atoms. The van der Waals surface area contributed by atoms with Gasteiger partial charge in [-0.05, 0) is 38.0 Å². The van der Waals surface area contributed by atoms with Gasteiger partial charge >= 0.3 is 0 Å². The summed E-state index contributed by atoms with van der Waals surface area (Å²) in [5.74, 6) is -0.0388. The lowest BCUT2D eigenvalue weighted by Crippen LogP contribution is -2.41. The van der Waals surface area contributed by atoms with E-state index >= 15 is 0 Å². The molecule has 108 valence electrons. The van der Waals surface area contributed by atoms with Gasteiger partial charge in [0.1, 0.15) is 0 Å².